The molecule has 0 saturated heterocycles. The molecule has 0 fully saturated rings. The summed E-state index contributed by atoms with van der Waals surface area (Å²) in [4.78, 5) is 0. The molecule has 13 heteroatoms. The Morgan fingerprint density at radius 2 is 1.26 bits per heavy atom. The van der Waals surface area contributed by atoms with Crippen LogP contribution in [0.1, 0.15) is 64.2 Å². The van der Waals surface area contributed by atoms with Crippen LogP contribution in [0.15, 0.2) is 11.6 Å². The van der Waals surface area contributed by atoms with E-state index in [9.17, 15) is 0 Å². The molecule has 1 atom stereocenters. The summed E-state index contributed by atoms with van der Waals surface area (Å²) in [7, 11) is -5.29. The summed E-state index contributed by atoms with van der Waals surface area (Å²) < 4.78 is 27.4. The van der Waals surface area contributed by atoms with Crippen LogP contribution in [0.2, 0.25) is 12.6 Å². The third-order valence-corrected chi connectivity index (χ3v) is 15.0. The van der Waals surface area contributed by atoms with Crippen LogP contribution in [0.25, 0.3) is 0 Å². The molecule has 0 rings (SSSR count). The lowest BCUT2D eigenvalue weighted by molar-refractivity contribution is 0.387. The molecule has 0 aromatic carbocycles. The number of hydrogen-bond acceptors (Lipinski definition) is 5. The molecule has 162 valence electrons. The lowest BCUT2D eigenvalue weighted by atomic mass is 10.1. The number of halogens is 2. The van der Waals surface area contributed by atoms with Gasteiger partial charge >= 0.3 is 0 Å². The molecule has 0 aromatic rings. The van der Waals surface area contributed by atoms with Gasteiger partial charge in [0.2, 0.25) is 9.07 Å². The molecule has 0 spiro atoms. The van der Waals surface area contributed by atoms with Crippen molar-refractivity contribution in [3.8, 4) is 0 Å². The topological polar surface area (TPSA) is 46.2 Å². The molecule has 0 radical (unpaired) electrons. The van der Waals surface area contributed by atoms with E-state index in [0.29, 0.717) is 0 Å². The minimum atomic E-state index is -1.02. The second kappa shape index (κ2) is 23.7. The van der Waals surface area contributed by atoms with Gasteiger partial charge in [-0.25, -0.2) is 0 Å². The first-order chi connectivity index (χ1) is 13.2. The second-order valence-corrected chi connectivity index (χ2v) is 19.0. The van der Waals surface area contributed by atoms with Crippen LogP contribution in [0.3, 0.4) is 0 Å². The number of hydrogen-bond donors (Lipinski definition) is 0. The number of rotatable bonds is 22. The van der Waals surface area contributed by atoms with Crippen molar-refractivity contribution in [2.24, 2.45) is 0 Å². The average Bonchev–Trinajstić information content (AvgIpc) is 2.64. The van der Waals surface area contributed by atoms with Gasteiger partial charge in [0.25, 0.3) is 40.0 Å². The highest BCUT2D eigenvalue weighted by molar-refractivity contribution is 6.91. The summed E-state index contributed by atoms with van der Waals surface area (Å²) in [6.07, 6.45) is 12.9. The number of allylic oxidation sites excluding steroid dienone is 1. The van der Waals surface area contributed by atoms with Crippen LogP contribution in [0.5, 0.6) is 0 Å². The molecule has 0 heterocycles. The standard InChI is InChI=1S/C14H38Cl2O5Si6/c1-14(15)12-10-8-6-4-3-5-7-9-11-13-27(2)21-26-20-25-19-24-18-23-17-22-16/h27H,1,3-13,22-26H2,2H3. The Morgan fingerprint density at radius 1 is 0.778 bits per heavy atom. The maximum atomic E-state index is 5.93. The highest BCUT2D eigenvalue weighted by Gasteiger charge is 2.04. The molecule has 0 saturated carbocycles. The summed E-state index contributed by atoms with van der Waals surface area (Å²) in [6.45, 7) is 6.01. The highest BCUT2D eigenvalue weighted by atomic mass is 35.6. The predicted molar refractivity (Wildman–Crippen MR) is 133 cm³/mol. The molecule has 27 heavy (non-hydrogen) atoms. The Kier molecular flexibility index (Phi) is 24.9. The van der Waals surface area contributed by atoms with Gasteiger partial charge in [0.05, 0.1) is 0 Å². The largest absolute Gasteiger partial charge is 0.443 e. The van der Waals surface area contributed by atoms with Crippen LogP contribution < -0.4 is 0 Å². The van der Waals surface area contributed by atoms with Crippen LogP contribution in [0.4, 0.5) is 0 Å². The van der Waals surface area contributed by atoms with Gasteiger partial charge in [-0.1, -0.05) is 69.5 Å². The maximum Gasteiger partial charge on any atom is 0.286 e. The van der Waals surface area contributed by atoms with E-state index in [1.165, 1.54) is 63.8 Å². The Hall–Kier alpha value is 1.42. The van der Waals surface area contributed by atoms with Gasteiger partial charge in [-0.3, -0.25) is 0 Å². The van der Waals surface area contributed by atoms with E-state index >= 15 is 0 Å². The molecule has 0 aliphatic rings. The zero-order chi connectivity index (χ0) is 20.0. The van der Waals surface area contributed by atoms with Gasteiger partial charge in [-0.2, -0.15) is 0 Å². The first-order valence-corrected chi connectivity index (χ1v) is 20.1. The van der Waals surface area contributed by atoms with E-state index in [2.05, 4.69) is 13.1 Å². The highest BCUT2D eigenvalue weighted by Crippen LogP contribution is 2.14. The van der Waals surface area contributed by atoms with Crippen molar-refractivity contribution in [2.75, 3.05) is 0 Å². The van der Waals surface area contributed by atoms with Gasteiger partial charge < -0.3 is 20.6 Å². The lowest BCUT2D eigenvalue weighted by Crippen LogP contribution is -2.22. The maximum absolute atomic E-state index is 5.93. The average molecular weight is 526 g/mol. The Labute approximate surface area is 189 Å². The molecule has 5 nitrogen and oxygen atoms in total. The number of unbranched alkanes of at least 4 members (excludes halogenated alkanes) is 8. The van der Waals surface area contributed by atoms with Gasteiger partial charge in [0, 0.05) is 5.03 Å². The Balaban J connectivity index is 3.15. The monoisotopic (exact) mass is 524 g/mol. The summed E-state index contributed by atoms with van der Waals surface area (Å²) in [5, 5.41) is 0.796. The first-order valence-electron chi connectivity index (χ1n) is 9.98. The summed E-state index contributed by atoms with van der Waals surface area (Å²) in [6, 6.07) is 1.27. The van der Waals surface area contributed by atoms with Crippen molar-refractivity contribution in [3.63, 3.8) is 0 Å². The predicted octanol–water partition coefficient (Wildman–Crippen LogP) is 1.31. The quantitative estimate of drug-likeness (QED) is 0.121. The molecule has 0 aliphatic carbocycles. The molecular weight excluding hydrogens is 488 g/mol. The van der Waals surface area contributed by atoms with E-state index in [0.717, 1.165) is 11.5 Å². The summed E-state index contributed by atoms with van der Waals surface area (Å²) >= 11 is 11.3. The van der Waals surface area contributed by atoms with Crippen molar-refractivity contribution in [3.05, 3.63) is 11.6 Å². The van der Waals surface area contributed by atoms with Crippen molar-refractivity contribution in [2.45, 2.75) is 76.8 Å². The SMILES string of the molecule is C=C(Cl)CCCCCCCCCCC[SiH](C)O[SiH2]O[SiH2]O[SiH2]O[SiH2]O[SiH2]Cl. The fraction of sp³-hybridized carbons (Fsp3) is 0.857. The van der Waals surface area contributed by atoms with Crippen molar-refractivity contribution >= 4 is 80.8 Å². The lowest BCUT2D eigenvalue weighted by Gasteiger charge is -2.12. The zero-order valence-corrected chi connectivity index (χ0v) is 26.6. The molecule has 1 unspecified atom stereocenters. The van der Waals surface area contributed by atoms with E-state index in [-0.39, 0.29) is 0 Å². The van der Waals surface area contributed by atoms with E-state index < -0.39 is 58.1 Å². The second-order valence-electron chi connectivity index (χ2n) is 6.61. The van der Waals surface area contributed by atoms with Crippen LogP contribution >= 0.6 is 22.7 Å². The van der Waals surface area contributed by atoms with Gasteiger partial charge in [-0.15, -0.1) is 11.1 Å². The molecule has 0 aromatic heterocycles. The third-order valence-electron chi connectivity index (χ3n) is 4.07. The van der Waals surface area contributed by atoms with Crippen LogP contribution in [-0.4, -0.2) is 58.1 Å². The minimum Gasteiger partial charge on any atom is -0.443 e. The zero-order valence-electron chi connectivity index (χ0n) is 16.9. The molecule has 0 aliphatic heterocycles. The third kappa shape index (κ3) is 25.4. The first kappa shape index (κ1) is 28.4. The fourth-order valence-electron chi connectivity index (χ4n) is 2.54. The fourth-order valence-corrected chi connectivity index (χ4v) is 12.6. The van der Waals surface area contributed by atoms with E-state index in [4.69, 9.17) is 43.3 Å². The summed E-state index contributed by atoms with van der Waals surface area (Å²) in [5.74, 6) is 0. The van der Waals surface area contributed by atoms with Crippen molar-refractivity contribution in [1.82, 2.24) is 0 Å². The Bertz CT molecular complexity index is 336. The van der Waals surface area contributed by atoms with Crippen molar-refractivity contribution < 1.29 is 20.6 Å². The van der Waals surface area contributed by atoms with Gasteiger partial charge in [0.15, 0.2) is 9.04 Å². The normalized spacial score (nSPS) is 14.6. The minimum absolute atomic E-state index is 0.796. The van der Waals surface area contributed by atoms with E-state index in [1.807, 2.05) is 0 Å². The Morgan fingerprint density at radius 3 is 1.81 bits per heavy atom. The molecule has 0 amide bonds. The molecular formula is C14H38Cl2O5Si6. The van der Waals surface area contributed by atoms with Crippen LogP contribution in [-0.2, 0) is 20.6 Å². The smallest absolute Gasteiger partial charge is 0.286 e. The van der Waals surface area contributed by atoms with Gasteiger partial charge in [0.1, 0.15) is 0 Å². The van der Waals surface area contributed by atoms with Crippen molar-refractivity contribution in [1.29, 1.82) is 0 Å². The molecule has 0 bridgehead atoms. The van der Waals surface area contributed by atoms with E-state index in [1.54, 1.807) is 0 Å². The summed E-state index contributed by atoms with van der Waals surface area (Å²) in [5.41, 5.74) is 0. The van der Waals surface area contributed by atoms with Crippen LogP contribution in [0, 0.1) is 0 Å². The van der Waals surface area contributed by atoms with Gasteiger partial charge in [-0.05, 0) is 25.4 Å². The molecule has 0 N–H and O–H groups in total.